The molecule has 1 amide bonds. The van der Waals surface area contributed by atoms with Crippen LogP contribution in [0.15, 0.2) is 24.3 Å². The SMILES string of the molecule is Cc1ccc(NC(=O)C23CC4CC(CC(C4)C2)C3)cc1. The molecule has 0 radical (unpaired) electrons. The van der Waals surface area contributed by atoms with Gasteiger partial charge in [0.15, 0.2) is 0 Å². The van der Waals surface area contributed by atoms with Gasteiger partial charge in [-0.2, -0.15) is 0 Å². The van der Waals surface area contributed by atoms with Crippen LogP contribution in [0.1, 0.15) is 44.1 Å². The Labute approximate surface area is 121 Å². The van der Waals surface area contributed by atoms with Crippen molar-refractivity contribution in [1.29, 1.82) is 0 Å². The van der Waals surface area contributed by atoms with Gasteiger partial charge < -0.3 is 5.32 Å². The molecule has 0 saturated heterocycles. The number of aryl methyl sites for hydroxylation is 1. The van der Waals surface area contributed by atoms with Crippen molar-refractivity contribution in [3.63, 3.8) is 0 Å². The van der Waals surface area contributed by atoms with Crippen LogP contribution in [-0.2, 0) is 4.79 Å². The Kier molecular flexibility index (Phi) is 2.70. The zero-order valence-corrected chi connectivity index (χ0v) is 12.2. The number of amides is 1. The van der Waals surface area contributed by atoms with Gasteiger partial charge in [-0.05, 0) is 75.3 Å². The lowest BCUT2D eigenvalue weighted by Gasteiger charge is -2.55. The predicted molar refractivity (Wildman–Crippen MR) is 80.4 cm³/mol. The van der Waals surface area contributed by atoms with Crippen LogP contribution in [0.2, 0.25) is 0 Å². The second-order valence-corrected chi connectivity index (χ2v) is 7.52. The maximum atomic E-state index is 12.8. The third-order valence-corrected chi connectivity index (χ3v) is 5.83. The van der Waals surface area contributed by atoms with Crippen LogP contribution in [-0.4, -0.2) is 5.91 Å². The highest BCUT2D eigenvalue weighted by Crippen LogP contribution is 2.60. The molecule has 1 N–H and O–H groups in total. The molecule has 0 aromatic heterocycles. The molecule has 0 aliphatic heterocycles. The number of carbonyl (C=O) groups is 1. The fourth-order valence-electron chi connectivity index (χ4n) is 5.29. The number of carbonyl (C=O) groups excluding carboxylic acids is 1. The summed E-state index contributed by atoms with van der Waals surface area (Å²) in [5, 5.41) is 3.19. The van der Waals surface area contributed by atoms with E-state index < -0.39 is 0 Å². The molecule has 2 heteroatoms. The first-order valence-corrected chi connectivity index (χ1v) is 8.01. The molecule has 106 valence electrons. The molecule has 5 rings (SSSR count). The molecule has 1 aromatic carbocycles. The van der Waals surface area contributed by atoms with Crippen molar-refractivity contribution in [2.24, 2.45) is 23.2 Å². The first kappa shape index (κ1) is 12.4. The van der Waals surface area contributed by atoms with E-state index in [9.17, 15) is 4.79 Å². The van der Waals surface area contributed by atoms with Crippen LogP contribution >= 0.6 is 0 Å². The van der Waals surface area contributed by atoms with Crippen molar-refractivity contribution in [2.45, 2.75) is 45.4 Å². The lowest BCUT2D eigenvalue weighted by atomic mass is 9.49. The predicted octanol–water partition coefficient (Wildman–Crippen LogP) is 4.15. The number of benzene rings is 1. The Balaban J connectivity index is 1.54. The highest BCUT2D eigenvalue weighted by Gasteiger charge is 2.54. The highest BCUT2D eigenvalue weighted by atomic mass is 16.2. The molecule has 4 aliphatic carbocycles. The molecule has 4 bridgehead atoms. The van der Waals surface area contributed by atoms with Crippen molar-refractivity contribution >= 4 is 11.6 Å². The number of hydrogen-bond donors (Lipinski definition) is 1. The highest BCUT2D eigenvalue weighted by molar-refractivity contribution is 5.95. The quantitative estimate of drug-likeness (QED) is 0.858. The monoisotopic (exact) mass is 269 g/mol. The van der Waals surface area contributed by atoms with E-state index in [2.05, 4.69) is 24.4 Å². The van der Waals surface area contributed by atoms with Crippen molar-refractivity contribution in [3.05, 3.63) is 29.8 Å². The van der Waals surface area contributed by atoms with Gasteiger partial charge in [0.1, 0.15) is 0 Å². The molecule has 2 nitrogen and oxygen atoms in total. The molecular formula is C18H23NO. The minimum atomic E-state index is -0.0420. The van der Waals surface area contributed by atoms with Crippen LogP contribution in [0, 0.1) is 30.1 Å². The lowest BCUT2D eigenvalue weighted by molar-refractivity contribution is -0.140. The summed E-state index contributed by atoms with van der Waals surface area (Å²) in [6.45, 7) is 2.07. The van der Waals surface area contributed by atoms with E-state index in [1.165, 1.54) is 24.8 Å². The van der Waals surface area contributed by atoms with Crippen LogP contribution < -0.4 is 5.32 Å². The summed E-state index contributed by atoms with van der Waals surface area (Å²) < 4.78 is 0. The minimum absolute atomic E-state index is 0.0420. The van der Waals surface area contributed by atoms with E-state index in [4.69, 9.17) is 0 Å². The van der Waals surface area contributed by atoms with Crippen molar-refractivity contribution in [1.82, 2.24) is 0 Å². The Hall–Kier alpha value is -1.31. The number of nitrogens with one attached hydrogen (secondary N) is 1. The summed E-state index contributed by atoms with van der Waals surface area (Å²) in [6, 6.07) is 8.17. The fraction of sp³-hybridized carbons (Fsp3) is 0.611. The van der Waals surface area contributed by atoms with E-state index >= 15 is 0 Å². The van der Waals surface area contributed by atoms with Crippen LogP contribution in [0.5, 0.6) is 0 Å². The Morgan fingerprint density at radius 1 is 1.00 bits per heavy atom. The van der Waals surface area contributed by atoms with Crippen LogP contribution in [0.25, 0.3) is 0 Å². The van der Waals surface area contributed by atoms with Crippen LogP contribution in [0.4, 0.5) is 5.69 Å². The summed E-state index contributed by atoms with van der Waals surface area (Å²) >= 11 is 0. The molecule has 1 aromatic rings. The third-order valence-electron chi connectivity index (χ3n) is 5.83. The zero-order valence-electron chi connectivity index (χ0n) is 12.2. The van der Waals surface area contributed by atoms with Gasteiger partial charge in [0.2, 0.25) is 5.91 Å². The van der Waals surface area contributed by atoms with Crippen molar-refractivity contribution < 1.29 is 4.79 Å². The Morgan fingerprint density at radius 3 is 2.00 bits per heavy atom. The third kappa shape index (κ3) is 1.97. The van der Waals surface area contributed by atoms with Gasteiger partial charge in [0, 0.05) is 5.69 Å². The average Bonchev–Trinajstić information content (AvgIpc) is 2.40. The second-order valence-electron chi connectivity index (χ2n) is 7.52. The minimum Gasteiger partial charge on any atom is -0.326 e. The van der Waals surface area contributed by atoms with Crippen LogP contribution in [0.3, 0.4) is 0 Å². The van der Waals surface area contributed by atoms with Crippen molar-refractivity contribution in [3.8, 4) is 0 Å². The van der Waals surface area contributed by atoms with E-state index in [1.807, 2.05) is 12.1 Å². The first-order chi connectivity index (χ1) is 9.63. The van der Waals surface area contributed by atoms with Gasteiger partial charge in [0.05, 0.1) is 5.41 Å². The smallest absolute Gasteiger partial charge is 0.230 e. The largest absolute Gasteiger partial charge is 0.326 e. The maximum absolute atomic E-state index is 12.8. The lowest BCUT2D eigenvalue weighted by Crippen LogP contribution is -2.51. The molecule has 0 spiro atoms. The summed E-state index contributed by atoms with van der Waals surface area (Å²) in [5.74, 6) is 2.76. The maximum Gasteiger partial charge on any atom is 0.230 e. The number of rotatable bonds is 2. The molecule has 0 atom stereocenters. The summed E-state index contributed by atoms with van der Waals surface area (Å²) in [6.07, 6.45) is 7.56. The molecule has 20 heavy (non-hydrogen) atoms. The summed E-state index contributed by atoms with van der Waals surface area (Å²) in [5.41, 5.74) is 2.15. The summed E-state index contributed by atoms with van der Waals surface area (Å²) in [7, 11) is 0. The second kappa shape index (κ2) is 4.34. The van der Waals surface area contributed by atoms with Gasteiger partial charge in [-0.3, -0.25) is 4.79 Å². The molecule has 4 saturated carbocycles. The number of anilines is 1. The van der Waals surface area contributed by atoms with Gasteiger partial charge in [-0.25, -0.2) is 0 Å². The molecular weight excluding hydrogens is 246 g/mol. The first-order valence-electron chi connectivity index (χ1n) is 8.01. The van der Waals surface area contributed by atoms with Crippen molar-refractivity contribution in [2.75, 3.05) is 5.32 Å². The molecule has 4 aliphatic rings. The summed E-state index contributed by atoms with van der Waals surface area (Å²) in [4.78, 5) is 12.8. The Bertz CT molecular complexity index is 496. The van der Waals surface area contributed by atoms with Gasteiger partial charge in [0.25, 0.3) is 0 Å². The van der Waals surface area contributed by atoms with E-state index in [0.29, 0.717) is 5.91 Å². The van der Waals surface area contributed by atoms with E-state index in [1.54, 1.807) is 0 Å². The zero-order chi connectivity index (χ0) is 13.7. The average molecular weight is 269 g/mol. The molecule has 0 unspecified atom stereocenters. The Morgan fingerprint density at radius 2 is 1.50 bits per heavy atom. The van der Waals surface area contributed by atoms with E-state index in [-0.39, 0.29) is 5.41 Å². The normalized spacial score (nSPS) is 38.0. The molecule has 4 fully saturated rings. The number of hydrogen-bond acceptors (Lipinski definition) is 1. The van der Waals surface area contributed by atoms with E-state index in [0.717, 1.165) is 42.7 Å². The standard InChI is InChI=1S/C18H23NO/c1-12-2-4-16(5-3-12)19-17(20)18-9-13-6-14(10-18)8-15(7-13)11-18/h2-5,13-15H,6-11H2,1H3,(H,19,20). The topological polar surface area (TPSA) is 29.1 Å². The molecule has 0 heterocycles. The van der Waals surface area contributed by atoms with Gasteiger partial charge in [-0.15, -0.1) is 0 Å². The fourth-order valence-corrected chi connectivity index (χ4v) is 5.29. The van der Waals surface area contributed by atoms with Gasteiger partial charge >= 0.3 is 0 Å². The van der Waals surface area contributed by atoms with Gasteiger partial charge in [-0.1, -0.05) is 17.7 Å².